The summed E-state index contributed by atoms with van der Waals surface area (Å²) in [6.07, 6.45) is 5.56. The van der Waals surface area contributed by atoms with Crippen molar-refractivity contribution in [1.82, 2.24) is 10.3 Å². The van der Waals surface area contributed by atoms with E-state index in [4.69, 9.17) is 11.6 Å². The number of carbonyl (C=O) groups excluding carboxylic acids is 1. The molecule has 1 saturated carbocycles. The van der Waals surface area contributed by atoms with E-state index >= 15 is 0 Å². The molecule has 0 saturated heterocycles. The number of rotatable bonds is 4. The maximum Gasteiger partial charge on any atom is 0.300 e. The number of carbonyl (C=O) groups is 1. The molecule has 1 heterocycles. The first-order valence-electron chi connectivity index (χ1n) is 6.16. The fourth-order valence-corrected chi connectivity index (χ4v) is 2.45. The second kappa shape index (κ2) is 5.97. The third-order valence-corrected chi connectivity index (χ3v) is 3.52. The molecule has 1 aromatic rings. The fraction of sp³-hybridized carbons (Fsp3) is 0.500. The number of nitro groups is 1. The highest BCUT2D eigenvalue weighted by atomic mass is 35.5. The van der Waals surface area contributed by atoms with Crippen LogP contribution in [-0.4, -0.2) is 22.4 Å². The lowest BCUT2D eigenvalue weighted by molar-refractivity contribution is -0.385. The average Bonchev–Trinajstić information content (AvgIpc) is 2.88. The number of amides is 1. The van der Waals surface area contributed by atoms with Crippen molar-refractivity contribution >= 4 is 23.2 Å². The first-order valence-corrected chi connectivity index (χ1v) is 6.54. The highest BCUT2D eigenvalue weighted by molar-refractivity contribution is 6.29. The summed E-state index contributed by atoms with van der Waals surface area (Å²) in [5, 5.41) is 13.6. The number of hydrogen-bond acceptors (Lipinski definition) is 4. The molecule has 102 valence electrons. The first-order chi connectivity index (χ1) is 9.08. The van der Waals surface area contributed by atoms with Crippen LogP contribution < -0.4 is 5.32 Å². The van der Waals surface area contributed by atoms with E-state index in [1.807, 2.05) is 0 Å². The Kier molecular flexibility index (Phi) is 4.31. The van der Waals surface area contributed by atoms with E-state index in [2.05, 4.69) is 10.3 Å². The molecule has 0 spiro atoms. The van der Waals surface area contributed by atoms with E-state index in [0.717, 1.165) is 19.0 Å². The van der Waals surface area contributed by atoms with Crippen LogP contribution in [0.1, 0.15) is 36.0 Å². The molecule has 0 unspecified atom stereocenters. The second-order valence-electron chi connectivity index (χ2n) is 4.64. The standard InChI is InChI=1S/C12H14ClN3O3/c13-11-5-9(10(7-14-11)16(18)19)12(17)15-6-8-3-1-2-4-8/h5,7-8H,1-4,6H2,(H,15,17). The number of halogens is 1. The average molecular weight is 284 g/mol. The van der Waals surface area contributed by atoms with Gasteiger partial charge in [0.15, 0.2) is 0 Å². The van der Waals surface area contributed by atoms with Crippen LogP contribution in [0, 0.1) is 16.0 Å². The van der Waals surface area contributed by atoms with Gasteiger partial charge in [-0.15, -0.1) is 0 Å². The number of nitrogens with one attached hydrogen (secondary N) is 1. The molecule has 1 aromatic heterocycles. The van der Waals surface area contributed by atoms with E-state index in [0.29, 0.717) is 12.5 Å². The van der Waals surface area contributed by atoms with Gasteiger partial charge in [-0.05, 0) is 24.8 Å². The summed E-state index contributed by atoms with van der Waals surface area (Å²) in [5.41, 5.74) is -0.365. The van der Waals surface area contributed by atoms with E-state index in [1.165, 1.54) is 18.9 Å². The molecule has 2 rings (SSSR count). The van der Waals surface area contributed by atoms with Crippen molar-refractivity contribution in [3.8, 4) is 0 Å². The smallest absolute Gasteiger partial charge is 0.300 e. The van der Waals surface area contributed by atoms with Crippen LogP contribution in [0.4, 0.5) is 5.69 Å². The van der Waals surface area contributed by atoms with Gasteiger partial charge in [0.05, 0.1) is 4.92 Å². The molecule has 1 aliphatic rings. The lowest BCUT2D eigenvalue weighted by Gasteiger charge is -2.10. The Morgan fingerprint density at radius 2 is 2.21 bits per heavy atom. The number of pyridine rings is 1. The molecule has 7 heteroatoms. The van der Waals surface area contributed by atoms with Crippen LogP contribution in [0.3, 0.4) is 0 Å². The summed E-state index contributed by atoms with van der Waals surface area (Å²) in [5.74, 6) is 0.00298. The van der Waals surface area contributed by atoms with E-state index in [9.17, 15) is 14.9 Å². The van der Waals surface area contributed by atoms with E-state index < -0.39 is 10.8 Å². The molecule has 0 bridgehead atoms. The maximum atomic E-state index is 12.0. The van der Waals surface area contributed by atoms with Gasteiger partial charge in [-0.2, -0.15) is 0 Å². The summed E-state index contributed by atoms with van der Waals surface area (Å²) in [6.45, 7) is 0.552. The zero-order valence-electron chi connectivity index (χ0n) is 10.3. The van der Waals surface area contributed by atoms with Crippen molar-refractivity contribution in [2.24, 2.45) is 5.92 Å². The Hall–Kier alpha value is -1.69. The van der Waals surface area contributed by atoms with Crippen LogP contribution in [0.25, 0.3) is 0 Å². The molecule has 1 amide bonds. The predicted octanol–water partition coefficient (Wildman–Crippen LogP) is 2.56. The molecule has 1 N–H and O–H groups in total. The van der Waals surface area contributed by atoms with Gasteiger partial charge in [-0.1, -0.05) is 24.4 Å². The van der Waals surface area contributed by atoms with Gasteiger partial charge in [0, 0.05) is 6.54 Å². The second-order valence-corrected chi connectivity index (χ2v) is 5.03. The quantitative estimate of drug-likeness (QED) is 0.523. The molecular formula is C12H14ClN3O3. The minimum Gasteiger partial charge on any atom is -0.352 e. The molecule has 0 aromatic carbocycles. The summed E-state index contributed by atoms with van der Waals surface area (Å²) >= 11 is 5.68. The van der Waals surface area contributed by atoms with Gasteiger partial charge < -0.3 is 5.32 Å². The first kappa shape index (κ1) is 13.7. The Balaban J connectivity index is 2.08. The lowest BCUT2D eigenvalue weighted by atomic mass is 10.1. The van der Waals surface area contributed by atoms with Crippen LogP contribution in [0.15, 0.2) is 12.3 Å². The van der Waals surface area contributed by atoms with Crippen LogP contribution in [-0.2, 0) is 0 Å². The summed E-state index contributed by atoms with van der Waals surface area (Å²) in [6, 6.07) is 1.23. The lowest BCUT2D eigenvalue weighted by Crippen LogP contribution is -2.29. The topological polar surface area (TPSA) is 85.1 Å². The SMILES string of the molecule is O=C(NCC1CCCC1)c1cc(Cl)ncc1[N+](=O)[O-]. The van der Waals surface area contributed by atoms with Crippen molar-refractivity contribution in [3.63, 3.8) is 0 Å². The molecule has 0 aliphatic heterocycles. The Bertz CT molecular complexity index is 501. The van der Waals surface area contributed by atoms with Gasteiger partial charge in [-0.3, -0.25) is 14.9 Å². The molecule has 19 heavy (non-hydrogen) atoms. The molecule has 0 radical (unpaired) electrons. The van der Waals surface area contributed by atoms with Crippen molar-refractivity contribution < 1.29 is 9.72 Å². The van der Waals surface area contributed by atoms with Crippen molar-refractivity contribution in [2.75, 3.05) is 6.54 Å². The van der Waals surface area contributed by atoms with Gasteiger partial charge >= 0.3 is 0 Å². The van der Waals surface area contributed by atoms with E-state index in [-0.39, 0.29) is 16.4 Å². The summed E-state index contributed by atoms with van der Waals surface area (Å²) in [4.78, 5) is 25.8. The van der Waals surface area contributed by atoms with E-state index in [1.54, 1.807) is 0 Å². The normalized spacial score (nSPS) is 15.4. The molecular weight excluding hydrogens is 270 g/mol. The van der Waals surface area contributed by atoms with Crippen molar-refractivity contribution in [3.05, 3.63) is 33.1 Å². The Labute approximate surface area is 115 Å². The molecule has 6 nitrogen and oxygen atoms in total. The van der Waals surface area contributed by atoms with Gasteiger partial charge in [0.2, 0.25) is 0 Å². The number of aromatic nitrogens is 1. The molecule has 0 atom stereocenters. The maximum absolute atomic E-state index is 12.0. The highest BCUT2D eigenvalue weighted by Crippen LogP contribution is 2.24. The monoisotopic (exact) mass is 283 g/mol. The highest BCUT2D eigenvalue weighted by Gasteiger charge is 2.22. The zero-order chi connectivity index (χ0) is 13.8. The van der Waals surface area contributed by atoms with Crippen LogP contribution >= 0.6 is 11.6 Å². The van der Waals surface area contributed by atoms with Gasteiger partial charge in [-0.25, -0.2) is 4.98 Å². The predicted molar refractivity (Wildman–Crippen MR) is 70.2 cm³/mol. The summed E-state index contributed by atoms with van der Waals surface area (Å²) < 4.78 is 0. The molecule has 1 fully saturated rings. The minimum atomic E-state index is -0.631. The number of hydrogen-bond donors (Lipinski definition) is 1. The van der Waals surface area contributed by atoms with Crippen molar-refractivity contribution in [2.45, 2.75) is 25.7 Å². The van der Waals surface area contributed by atoms with Crippen LogP contribution in [0.2, 0.25) is 5.15 Å². The third kappa shape index (κ3) is 3.41. The molecule has 1 aliphatic carbocycles. The van der Waals surface area contributed by atoms with Gasteiger partial charge in [0.1, 0.15) is 16.9 Å². The Morgan fingerprint density at radius 3 is 2.84 bits per heavy atom. The van der Waals surface area contributed by atoms with Crippen molar-refractivity contribution in [1.29, 1.82) is 0 Å². The fourth-order valence-electron chi connectivity index (χ4n) is 2.30. The third-order valence-electron chi connectivity index (χ3n) is 3.32. The van der Waals surface area contributed by atoms with Gasteiger partial charge in [0.25, 0.3) is 11.6 Å². The Morgan fingerprint density at radius 1 is 1.53 bits per heavy atom. The number of nitrogens with zero attached hydrogens (tertiary/aromatic N) is 2. The van der Waals surface area contributed by atoms with Crippen LogP contribution in [0.5, 0.6) is 0 Å². The largest absolute Gasteiger partial charge is 0.352 e. The minimum absolute atomic E-state index is 0.0389. The summed E-state index contributed by atoms with van der Waals surface area (Å²) in [7, 11) is 0. The zero-order valence-corrected chi connectivity index (χ0v) is 11.0.